The molecule has 2 heterocycles. The molecule has 0 atom stereocenters. The fraction of sp³-hybridized carbons (Fsp3) is 0.524. The Kier molecular flexibility index (Phi) is 6.62. The molecular formula is C21H27ClN2O4. The maximum atomic E-state index is 12.2. The van der Waals surface area contributed by atoms with Gasteiger partial charge in [0.25, 0.3) is 0 Å². The molecule has 3 rings (SSSR count). The van der Waals surface area contributed by atoms with Crippen LogP contribution < -0.4 is 5.63 Å². The van der Waals surface area contributed by atoms with Crippen LogP contribution in [0.2, 0.25) is 5.02 Å². The average molecular weight is 407 g/mol. The number of nitrogens with zero attached hydrogens (tertiary/aromatic N) is 2. The van der Waals surface area contributed by atoms with E-state index in [-0.39, 0.29) is 11.7 Å². The molecule has 152 valence electrons. The second-order valence-electron chi connectivity index (χ2n) is 7.78. The van der Waals surface area contributed by atoms with Crippen molar-refractivity contribution >= 4 is 28.7 Å². The van der Waals surface area contributed by atoms with Crippen molar-refractivity contribution in [3.63, 3.8) is 0 Å². The number of aryl methyl sites for hydroxylation is 1. The molecule has 0 aliphatic carbocycles. The van der Waals surface area contributed by atoms with Gasteiger partial charge in [-0.15, -0.1) is 0 Å². The molecule has 0 N–H and O–H groups in total. The fourth-order valence-electron chi connectivity index (χ4n) is 3.36. The van der Waals surface area contributed by atoms with E-state index in [2.05, 4.69) is 4.90 Å². The molecule has 0 spiro atoms. The van der Waals surface area contributed by atoms with Crippen LogP contribution in [0.3, 0.4) is 0 Å². The molecule has 1 aromatic heterocycles. The van der Waals surface area contributed by atoms with Crippen LogP contribution in [0.15, 0.2) is 27.4 Å². The molecular weight excluding hydrogens is 380 g/mol. The molecule has 0 radical (unpaired) electrons. The van der Waals surface area contributed by atoms with Gasteiger partial charge in [0.2, 0.25) is 0 Å². The van der Waals surface area contributed by atoms with E-state index < -0.39 is 0 Å². The summed E-state index contributed by atoms with van der Waals surface area (Å²) in [7, 11) is 0. The van der Waals surface area contributed by atoms with Crippen molar-refractivity contribution in [2.24, 2.45) is 5.92 Å². The fourth-order valence-corrected chi connectivity index (χ4v) is 3.52. The molecule has 2 aromatic rings. The van der Waals surface area contributed by atoms with Crippen LogP contribution in [0.1, 0.15) is 31.4 Å². The van der Waals surface area contributed by atoms with Crippen LogP contribution in [-0.2, 0) is 11.3 Å². The summed E-state index contributed by atoms with van der Waals surface area (Å²) in [6, 6.07) is 5.20. The molecule has 1 aliphatic heterocycles. The molecule has 1 aromatic carbocycles. The molecule has 0 saturated carbocycles. The van der Waals surface area contributed by atoms with E-state index in [9.17, 15) is 9.59 Å². The lowest BCUT2D eigenvalue weighted by Crippen LogP contribution is -2.36. The van der Waals surface area contributed by atoms with E-state index in [0.29, 0.717) is 42.8 Å². The Labute approximate surface area is 170 Å². The second kappa shape index (κ2) is 8.97. The van der Waals surface area contributed by atoms with Crippen LogP contribution in [0.25, 0.3) is 11.0 Å². The minimum absolute atomic E-state index is 0.247. The molecule has 7 heteroatoms. The zero-order valence-corrected chi connectivity index (χ0v) is 17.4. The van der Waals surface area contributed by atoms with Gasteiger partial charge in [0.05, 0.1) is 6.61 Å². The summed E-state index contributed by atoms with van der Waals surface area (Å²) in [6.45, 7) is 9.81. The predicted octanol–water partition coefficient (Wildman–Crippen LogP) is 4.06. The van der Waals surface area contributed by atoms with Crippen molar-refractivity contribution in [2.75, 3.05) is 32.8 Å². The van der Waals surface area contributed by atoms with Gasteiger partial charge in [-0.1, -0.05) is 25.4 Å². The first-order chi connectivity index (χ1) is 13.3. The molecule has 28 heavy (non-hydrogen) atoms. The Morgan fingerprint density at radius 2 is 2.00 bits per heavy atom. The number of carbonyl (C=O) groups is 1. The summed E-state index contributed by atoms with van der Waals surface area (Å²) in [6.07, 6.45) is 0.611. The Morgan fingerprint density at radius 3 is 2.75 bits per heavy atom. The van der Waals surface area contributed by atoms with E-state index >= 15 is 0 Å². The lowest BCUT2D eigenvalue weighted by Gasteiger charge is -2.22. The molecule has 1 aliphatic rings. The van der Waals surface area contributed by atoms with Crippen molar-refractivity contribution in [3.05, 3.63) is 44.8 Å². The molecule has 0 unspecified atom stereocenters. The maximum absolute atomic E-state index is 12.2. The van der Waals surface area contributed by atoms with Gasteiger partial charge in [0.15, 0.2) is 0 Å². The average Bonchev–Trinajstić information content (AvgIpc) is 2.87. The Bertz CT molecular complexity index is 909. The maximum Gasteiger partial charge on any atom is 0.409 e. The second-order valence-corrected chi connectivity index (χ2v) is 8.18. The third kappa shape index (κ3) is 5.06. The Hall–Kier alpha value is -2.05. The Morgan fingerprint density at radius 1 is 1.21 bits per heavy atom. The van der Waals surface area contributed by atoms with Crippen LogP contribution in [0, 0.1) is 12.8 Å². The Balaban J connectivity index is 1.72. The SMILES string of the molecule is Cc1cc2oc(=O)cc(CN3CCCN(C(=O)OCC(C)C)CC3)c2cc1Cl. The summed E-state index contributed by atoms with van der Waals surface area (Å²) in [4.78, 5) is 28.2. The first-order valence-electron chi connectivity index (χ1n) is 9.70. The molecule has 1 amide bonds. The summed E-state index contributed by atoms with van der Waals surface area (Å²) in [5, 5.41) is 1.50. The minimum atomic E-state index is -0.363. The molecule has 1 saturated heterocycles. The highest BCUT2D eigenvalue weighted by Crippen LogP contribution is 2.26. The van der Waals surface area contributed by atoms with Crippen molar-refractivity contribution in [2.45, 2.75) is 33.7 Å². The van der Waals surface area contributed by atoms with Crippen molar-refractivity contribution in [1.82, 2.24) is 9.80 Å². The van der Waals surface area contributed by atoms with Gasteiger partial charge in [-0.3, -0.25) is 4.90 Å². The highest BCUT2D eigenvalue weighted by Gasteiger charge is 2.21. The zero-order chi connectivity index (χ0) is 20.3. The normalized spacial score (nSPS) is 15.8. The number of hydrogen-bond donors (Lipinski definition) is 0. The van der Waals surface area contributed by atoms with Crippen molar-refractivity contribution < 1.29 is 13.9 Å². The van der Waals surface area contributed by atoms with Gasteiger partial charge in [0.1, 0.15) is 5.58 Å². The first-order valence-corrected chi connectivity index (χ1v) is 10.1. The monoisotopic (exact) mass is 406 g/mol. The third-order valence-corrected chi connectivity index (χ3v) is 5.30. The van der Waals surface area contributed by atoms with Crippen molar-refractivity contribution in [1.29, 1.82) is 0 Å². The van der Waals surface area contributed by atoms with Gasteiger partial charge in [-0.25, -0.2) is 9.59 Å². The van der Waals surface area contributed by atoms with Gasteiger partial charge in [0, 0.05) is 49.2 Å². The quantitative estimate of drug-likeness (QED) is 0.716. The van der Waals surface area contributed by atoms with Gasteiger partial charge < -0.3 is 14.1 Å². The minimum Gasteiger partial charge on any atom is -0.449 e. The van der Waals surface area contributed by atoms with E-state index in [1.54, 1.807) is 11.0 Å². The standard InChI is InChI=1S/C21H27ClN2O4/c1-14(2)13-27-21(26)24-6-4-5-23(7-8-24)12-16-10-20(25)28-19-9-15(3)18(22)11-17(16)19/h9-11,14H,4-8,12-13H2,1-3H3. The van der Waals surface area contributed by atoms with E-state index in [0.717, 1.165) is 36.0 Å². The topological polar surface area (TPSA) is 63.0 Å². The number of carbonyl (C=O) groups excluding carboxylic acids is 1. The number of benzene rings is 1. The molecule has 0 bridgehead atoms. The predicted molar refractivity (Wildman–Crippen MR) is 110 cm³/mol. The first kappa shape index (κ1) is 20.7. The summed E-state index contributed by atoms with van der Waals surface area (Å²) in [5.74, 6) is 0.320. The molecule has 6 nitrogen and oxygen atoms in total. The smallest absolute Gasteiger partial charge is 0.409 e. The van der Waals surface area contributed by atoms with Crippen LogP contribution in [0.5, 0.6) is 0 Å². The van der Waals surface area contributed by atoms with Crippen LogP contribution in [-0.4, -0.2) is 48.7 Å². The van der Waals surface area contributed by atoms with Crippen LogP contribution in [0.4, 0.5) is 4.79 Å². The van der Waals surface area contributed by atoms with Gasteiger partial charge in [-0.2, -0.15) is 0 Å². The van der Waals surface area contributed by atoms with Crippen molar-refractivity contribution in [3.8, 4) is 0 Å². The number of fused-ring (bicyclic) bond motifs is 1. The summed E-state index contributed by atoms with van der Waals surface area (Å²) < 4.78 is 10.7. The number of ether oxygens (including phenoxy) is 1. The van der Waals surface area contributed by atoms with E-state index in [4.69, 9.17) is 20.8 Å². The largest absolute Gasteiger partial charge is 0.449 e. The highest BCUT2D eigenvalue weighted by atomic mass is 35.5. The van der Waals surface area contributed by atoms with E-state index in [1.165, 1.54) is 6.07 Å². The zero-order valence-electron chi connectivity index (χ0n) is 16.7. The number of halogens is 1. The third-order valence-electron chi connectivity index (χ3n) is 4.89. The van der Waals surface area contributed by atoms with Crippen LogP contribution >= 0.6 is 11.6 Å². The summed E-state index contributed by atoms with van der Waals surface area (Å²) in [5.41, 5.74) is 1.96. The lowest BCUT2D eigenvalue weighted by atomic mass is 10.1. The number of rotatable bonds is 4. The lowest BCUT2D eigenvalue weighted by molar-refractivity contribution is 0.0930. The summed E-state index contributed by atoms with van der Waals surface area (Å²) >= 11 is 6.28. The van der Waals surface area contributed by atoms with E-state index in [1.807, 2.05) is 26.8 Å². The molecule has 1 fully saturated rings. The van der Waals surface area contributed by atoms with Gasteiger partial charge >= 0.3 is 11.7 Å². The number of amides is 1. The van der Waals surface area contributed by atoms with Gasteiger partial charge in [-0.05, 0) is 42.5 Å². The number of hydrogen-bond acceptors (Lipinski definition) is 5. The highest BCUT2D eigenvalue weighted by molar-refractivity contribution is 6.32.